The third-order valence-electron chi connectivity index (χ3n) is 3.24. The van der Waals surface area contributed by atoms with Crippen LogP contribution in [0.1, 0.15) is 40.0 Å². The number of hydrogen-bond donors (Lipinski definition) is 2. The first-order valence-corrected chi connectivity index (χ1v) is 6.30. The van der Waals surface area contributed by atoms with Gasteiger partial charge in [-0.3, -0.25) is 9.69 Å². The third-order valence-corrected chi connectivity index (χ3v) is 3.24. The molecule has 0 spiro atoms. The van der Waals surface area contributed by atoms with Crippen LogP contribution in [0.3, 0.4) is 0 Å². The molecule has 0 aromatic rings. The Morgan fingerprint density at radius 1 is 1.50 bits per heavy atom. The van der Waals surface area contributed by atoms with E-state index in [-0.39, 0.29) is 18.0 Å². The second-order valence-electron chi connectivity index (χ2n) is 5.12. The molecule has 0 aromatic heterocycles. The zero-order chi connectivity index (χ0) is 12.1. The Morgan fingerprint density at radius 2 is 2.19 bits per heavy atom. The lowest BCUT2D eigenvalue weighted by molar-refractivity contribution is -0.120. The fourth-order valence-corrected chi connectivity index (χ4v) is 2.29. The van der Waals surface area contributed by atoms with Gasteiger partial charge in [-0.2, -0.15) is 0 Å². The number of nitrogens with zero attached hydrogens (tertiary/aromatic N) is 1. The first kappa shape index (κ1) is 13.5. The molecule has 16 heavy (non-hydrogen) atoms. The van der Waals surface area contributed by atoms with Crippen LogP contribution < -0.4 is 11.1 Å². The van der Waals surface area contributed by atoms with E-state index < -0.39 is 0 Å². The molecule has 1 amide bonds. The van der Waals surface area contributed by atoms with Gasteiger partial charge in [-0.1, -0.05) is 20.3 Å². The minimum absolute atomic E-state index is 0.222. The monoisotopic (exact) mass is 227 g/mol. The van der Waals surface area contributed by atoms with Crippen molar-refractivity contribution in [2.75, 3.05) is 13.1 Å². The molecule has 1 saturated heterocycles. The molecular formula is C12H25N3O. The molecule has 1 aliphatic heterocycles. The van der Waals surface area contributed by atoms with Crippen LogP contribution in [-0.2, 0) is 4.79 Å². The molecule has 2 atom stereocenters. The van der Waals surface area contributed by atoms with Crippen LogP contribution >= 0.6 is 0 Å². The minimum atomic E-state index is -0.244. The van der Waals surface area contributed by atoms with Gasteiger partial charge in [-0.25, -0.2) is 0 Å². The van der Waals surface area contributed by atoms with Gasteiger partial charge in [0.25, 0.3) is 0 Å². The van der Waals surface area contributed by atoms with Gasteiger partial charge in [0.2, 0.25) is 5.91 Å². The smallest absolute Gasteiger partial charge is 0.235 e. The van der Waals surface area contributed by atoms with E-state index in [0.717, 1.165) is 13.1 Å². The molecule has 1 fully saturated rings. The second-order valence-corrected chi connectivity index (χ2v) is 5.12. The summed E-state index contributed by atoms with van der Waals surface area (Å²) in [6, 6.07) is 0.641. The molecule has 4 nitrogen and oxygen atoms in total. The summed E-state index contributed by atoms with van der Waals surface area (Å²) >= 11 is 0. The van der Waals surface area contributed by atoms with E-state index in [9.17, 15) is 4.79 Å². The summed E-state index contributed by atoms with van der Waals surface area (Å²) in [5, 5.41) is 3.23. The van der Waals surface area contributed by atoms with Gasteiger partial charge in [0.05, 0.1) is 6.04 Å². The van der Waals surface area contributed by atoms with Crippen molar-refractivity contribution in [1.82, 2.24) is 10.2 Å². The van der Waals surface area contributed by atoms with Crippen molar-refractivity contribution in [3.05, 3.63) is 0 Å². The molecule has 1 heterocycles. The summed E-state index contributed by atoms with van der Waals surface area (Å²) in [6.45, 7) is 8.14. The van der Waals surface area contributed by atoms with Crippen LogP contribution in [0, 0.1) is 0 Å². The van der Waals surface area contributed by atoms with Gasteiger partial charge in [0.1, 0.15) is 0 Å². The van der Waals surface area contributed by atoms with Crippen molar-refractivity contribution in [3.8, 4) is 0 Å². The maximum absolute atomic E-state index is 11.3. The van der Waals surface area contributed by atoms with Crippen molar-refractivity contribution in [2.24, 2.45) is 5.73 Å². The lowest BCUT2D eigenvalue weighted by atomic mass is 10.0. The maximum atomic E-state index is 11.3. The fourth-order valence-electron chi connectivity index (χ4n) is 2.29. The van der Waals surface area contributed by atoms with Crippen LogP contribution in [0.2, 0.25) is 0 Å². The Balaban J connectivity index is 2.49. The molecule has 1 rings (SSSR count). The highest BCUT2D eigenvalue weighted by Crippen LogP contribution is 2.16. The number of nitrogens with one attached hydrogen (secondary N) is 1. The van der Waals surface area contributed by atoms with E-state index in [1.807, 2.05) is 13.8 Å². The number of carbonyl (C=O) groups excluding carboxylic acids is 1. The summed E-state index contributed by atoms with van der Waals surface area (Å²) in [5.41, 5.74) is 5.42. The Labute approximate surface area is 98.6 Å². The molecular weight excluding hydrogens is 202 g/mol. The highest BCUT2D eigenvalue weighted by atomic mass is 16.1. The van der Waals surface area contributed by atoms with Crippen molar-refractivity contribution >= 4 is 5.91 Å². The Morgan fingerprint density at radius 3 is 2.69 bits per heavy atom. The van der Waals surface area contributed by atoms with Crippen LogP contribution in [0.25, 0.3) is 0 Å². The van der Waals surface area contributed by atoms with E-state index in [1.165, 1.54) is 19.3 Å². The van der Waals surface area contributed by atoms with Crippen LogP contribution in [-0.4, -0.2) is 42.0 Å². The number of piperidine rings is 1. The second kappa shape index (κ2) is 6.21. The average Bonchev–Trinajstić information content (AvgIpc) is 2.19. The predicted molar refractivity (Wildman–Crippen MR) is 66.1 cm³/mol. The normalized spacial score (nSPS) is 24.6. The fraction of sp³-hybridized carbons (Fsp3) is 0.917. The number of hydrogen-bond acceptors (Lipinski definition) is 3. The number of likely N-dealkylation sites (tertiary alicyclic amines) is 1. The highest BCUT2D eigenvalue weighted by molar-refractivity contribution is 5.80. The quantitative estimate of drug-likeness (QED) is 0.727. The maximum Gasteiger partial charge on any atom is 0.235 e. The van der Waals surface area contributed by atoms with Gasteiger partial charge >= 0.3 is 0 Å². The Bertz CT molecular complexity index is 230. The molecule has 0 aliphatic carbocycles. The molecule has 4 heteroatoms. The van der Waals surface area contributed by atoms with Gasteiger partial charge < -0.3 is 11.1 Å². The van der Waals surface area contributed by atoms with Crippen LogP contribution in [0.15, 0.2) is 0 Å². The predicted octanol–water partition coefficient (Wildman–Crippen LogP) is 0.713. The number of rotatable bonds is 5. The van der Waals surface area contributed by atoms with Crippen LogP contribution in [0.5, 0.6) is 0 Å². The number of primary amides is 1. The first-order chi connectivity index (χ1) is 7.50. The van der Waals surface area contributed by atoms with E-state index in [0.29, 0.717) is 6.04 Å². The highest BCUT2D eigenvalue weighted by Gasteiger charge is 2.24. The molecule has 94 valence electrons. The Hall–Kier alpha value is -0.610. The summed E-state index contributed by atoms with van der Waals surface area (Å²) in [4.78, 5) is 13.7. The molecule has 0 aromatic carbocycles. The van der Waals surface area contributed by atoms with Crippen LogP contribution in [0.4, 0.5) is 0 Å². The molecule has 2 unspecified atom stereocenters. The zero-order valence-electron chi connectivity index (χ0n) is 10.7. The topological polar surface area (TPSA) is 58.4 Å². The van der Waals surface area contributed by atoms with Crippen molar-refractivity contribution < 1.29 is 4.79 Å². The van der Waals surface area contributed by atoms with E-state index in [4.69, 9.17) is 5.73 Å². The van der Waals surface area contributed by atoms with E-state index >= 15 is 0 Å². The zero-order valence-corrected chi connectivity index (χ0v) is 10.7. The number of nitrogens with two attached hydrogens (primary N) is 1. The third kappa shape index (κ3) is 4.10. The molecule has 1 aliphatic rings. The number of carbonyl (C=O) groups is 1. The van der Waals surface area contributed by atoms with Gasteiger partial charge in [-0.15, -0.1) is 0 Å². The first-order valence-electron chi connectivity index (χ1n) is 6.30. The van der Waals surface area contributed by atoms with E-state index in [2.05, 4.69) is 17.1 Å². The summed E-state index contributed by atoms with van der Waals surface area (Å²) < 4.78 is 0. The average molecular weight is 227 g/mol. The lowest BCUT2D eigenvalue weighted by Crippen LogP contribution is -2.53. The summed E-state index contributed by atoms with van der Waals surface area (Å²) in [5.74, 6) is -0.244. The molecule has 0 saturated carbocycles. The standard InChI is InChI=1S/C12H25N3O/c1-9(2)14-11(12(13)16)8-15-7-5-4-6-10(15)3/h9-11,14H,4-8H2,1-3H3,(H2,13,16). The lowest BCUT2D eigenvalue weighted by Gasteiger charge is -2.35. The van der Waals surface area contributed by atoms with E-state index in [1.54, 1.807) is 0 Å². The molecule has 0 radical (unpaired) electrons. The summed E-state index contributed by atoms with van der Waals surface area (Å²) in [6.07, 6.45) is 3.77. The van der Waals surface area contributed by atoms with Crippen molar-refractivity contribution in [1.29, 1.82) is 0 Å². The van der Waals surface area contributed by atoms with Gasteiger partial charge in [0, 0.05) is 18.6 Å². The van der Waals surface area contributed by atoms with Gasteiger partial charge in [-0.05, 0) is 26.3 Å². The Kier molecular flexibility index (Phi) is 5.22. The largest absolute Gasteiger partial charge is 0.368 e. The SMILES string of the molecule is CC(C)NC(CN1CCCCC1C)C(N)=O. The minimum Gasteiger partial charge on any atom is -0.368 e. The van der Waals surface area contributed by atoms with Gasteiger partial charge in [0.15, 0.2) is 0 Å². The summed E-state index contributed by atoms with van der Waals surface area (Å²) in [7, 11) is 0. The molecule has 0 bridgehead atoms. The molecule has 3 N–H and O–H groups in total. The van der Waals surface area contributed by atoms with Crippen molar-refractivity contribution in [3.63, 3.8) is 0 Å². The van der Waals surface area contributed by atoms with Crippen molar-refractivity contribution in [2.45, 2.75) is 58.2 Å². The number of amides is 1.